The molecule has 132 valence electrons. The van der Waals surface area contributed by atoms with E-state index in [4.69, 9.17) is 0 Å². The van der Waals surface area contributed by atoms with Crippen LogP contribution >= 0.6 is 0 Å². The minimum atomic E-state index is 0.305. The van der Waals surface area contributed by atoms with Gasteiger partial charge in [0.1, 0.15) is 0 Å². The standard InChI is InChI=1S/C24H30O/c1-4-10-24-13-9-20-22(2)11-7-16-14-17(25)5-6-18(16)19(22)8-12-23(20,3)21(24)15-24/h4,8,12,14,20-21H,1,5-7,9-11,13,15H2,2-3H3/t20-,21+,22+,23-,24+/m1/s1. The summed E-state index contributed by atoms with van der Waals surface area (Å²) in [6.07, 6.45) is 18.5. The van der Waals surface area contributed by atoms with Gasteiger partial charge in [0, 0.05) is 6.42 Å². The van der Waals surface area contributed by atoms with Crippen LogP contribution in [-0.2, 0) is 4.79 Å². The lowest BCUT2D eigenvalue weighted by Crippen LogP contribution is -2.48. The highest BCUT2D eigenvalue weighted by Gasteiger charge is 2.68. The van der Waals surface area contributed by atoms with E-state index >= 15 is 0 Å². The minimum absolute atomic E-state index is 0.305. The molecular formula is C24H30O. The Morgan fingerprint density at radius 3 is 2.84 bits per heavy atom. The van der Waals surface area contributed by atoms with Crippen LogP contribution in [0.5, 0.6) is 0 Å². The monoisotopic (exact) mass is 334 g/mol. The van der Waals surface area contributed by atoms with E-state index in [1.807, 2.05) is 6.08 Å². The Balaban J connectivity index is 1.60. The predicted octanol–water partition coefficient (Wildman–Crippen LogP) is 5.94. The van der Waals surface area contributed by atoms with E-state index in [0.29, 0.717) is 28.4 Å². The average Bonchev–Trinajstić information content (AvgIpc) is 3.30. The molecule has 0 heterocycles. The van der Waals surface area contributed by atoms with E-state index in [-0.39, 0.29) is 0 Å². The molecule has 0 aromatic rings. The summed E-state index contributed by atoms with van der Waals surface area (Å²) in [6, 6.07) is 0. The van der Waals surface area contributed by atoms with Crippen LogP contribution in [0.2, 0.25) is 0 Å². The fourth-order valence-electron chi connectivity index (χ4n) is 7.42. The predicted molar refractivity (Wildman–Crippen MR) is 102 cm³/mol. The van der Waals surface area contributed by atoms with Gasteiger partial charge >= 0.3 is 0 Å². The van der Waals surface area contributed by atoms with Gasteiger partial charge in [-0.15, -0.1) is 6.58 Å². The lowest BCUT2D eigenvalue weighted by atomic mass is 9.47. The topological polar surface area (TPSA) is 17.1 Å². The van der Waals surface area contributed by atoms with Crippen molar-refractivity contribution in [1.82, 2.24) is 0 Å². The zero-order valence-electron chi connectivity index (χ0n) is 15.7. The Morgan fingerprint density at radius 2 is 2.04 bits per heavy atom. The average molecular weight is 335 g/mol. The number of allylic oxidation sites excluding steroid dienone is 7. The molecule has 5 aliphatic carbocycles. The van der Waals surface area contributed by atoms with E-state index in [0.717, 1.165) is 24.7 Å². The summed E-state index contributed by atoms with van der Waals surface area (Å²) < 4.78 is 0. The van der Waals surface area contributed by atoms with Crippen molar-refractivity contribution in [1.29, 1.82) is 0 Å². The van der Waals surface area contributed by atoms with E-state index in [9.17, 15) is 4.79 Å². The molecule has 5 atom stereocenters. The smallest absolute Gasteiger partial charge is 0.156 e. The molecule has 0 amide bonds. The number of carbonyl (C=O) groups excluding carboxylic acids is 1. The summed E-state index contributed by atoms with van der Waals surface area (Å²) in [5, 5.41) is 0. The zero-order chi connectivity index (χ0) is 17.4. The molecule has 0 bridgehead atoms. The molecule has 1 nitrogen and oxygen atoms in total. The Kier molecular flexibility index (Phi) is 3.09. The normalized spacial score (nSPS) is 47.3. The van der Waals surface area contributed by atoms with Gasteiger partial charge in [0.05, 0.1) is 0 Å². The second-order valence-corrected chi connectivity index (χ2v) is 9.85. The highest BCUT2D eigenvalue weighted by Crippen LogP contribution is 2.76. The molecule has 0 aromatic carbocycles. The summed E-state index contributed by atoms with van der Waals surface area (Å²) >= 11 is 0. The van der Waals surface area contributed by atoms with Crippen molar-refractivity contribution < 1.29 is 4.79 Å². The molecule has 2 fully saturated rings. The zero-order valence-corrected chi connectivity index (χ0v) is 15.7. The minimum Gasteiger partial charge on any atom is -0.295 e. The van der Waals surface area contributed by atoms with Gasteiger partial charge in [-0.3, -0.25) is 4.79 Å². The van der Waals surface area contributed by atoms with Crippen LogP contribution in [0.25, 0.3) is 0 Å². The number of fused-ring (bicyclic) bond motifs is 6. The maximum atomic E-state index is 11.9. The summed E-state index contributed by atoms with van der Waals surface area (Å²) in [6.45, 7) is 9.11. The lowest BCUT2D eigenvalue weighted by Gasteiger charge is -2.57. The number of rotatable bonds is 2. The van der Waals surface area contributed by atoms with Crippen LogP contribution in [-0.4, -0.2) is 5.78 Å². The van der Waals surface area contributed by atoms with Crippen molar-refractivity contribution in [2.45, 2.75) is 65.2 Å². The van der Waals surface area contributed by atoms with Crippen LogP contribution < -0.4 is 0 Å². The molecule has 0 unspecified atom stereocenters. The third kappa shape index (κ3) is 1.93. The lowest BCUT2D eigenvalue weighted by molar-refractivity contribution is -0.114. The quantitative estimate of drug-likeness (QED) is 0.571. The molecule has 0 saturated heterocycles. The fraction of sp³-hybridized carbons (Fsp3) is 0.625. The van der Waals surface area contributed by atoms with E-state index in [2.05, 4.69) is 38.7 Å². The molecule has 0 aliphatic heterocycles. The second-order valence-electron chi connectivity index (χ2n) is 9.85. The molecular weight excluding hydrogens is 304 g/mol. The highest BCUT2D eigenvalue weighted by atomic mass is 16.1. The van der Waals surface area contributed by atoms with E-state index in [1.165, 1.54) is 43.3 Å². The van der Waals surface area contributed by atoms with Crippen molar-refractivity contribution in [2.24, 2.45) is 28.1 Å². The van der Waals surface area contributed by atoms with Crippen LogP contribution in [0.15, 0.2) is 47.6 Å². The van der Waals surface area contributed by atoms with Crippen molar-refractivity contribution >= 4 is 5.78 Å². The van der Waals surface area contributed by atoms with Gasteiger partial charge < -0.3 is 0 Å². The number of ketones is 1. The highest BCUT2D eigenvalue weighted by molar-refractivity contribution is 5.93. The van der Waals surface area contributed by atoms with Gasteiger partial charge in [-0.25, -0.2) is 0 Å². The van der Waals surface area contributed by atoms with Gasteiger partial charge in [-0.05, 0) is 95.8 Å². The Bertz CT molecular complexity index is 765. The van der Waals surface area contributed by atoms with Crippen LogP contribution in [0.3, 0.4) is 0 Å². The first kappa shape index (κ1) is 15.9. The van der Waals surface area contributed by atoms with Crippen LogP contribution in [0.1, 0.15) is 65.2 Å². The molecule has 5 aliphatic rings. The van der Waals surface area contributed by atoms with Crippen molar-refractivity contribution in [2.75, 3.05) is 0 Å². The molecule has 2 saturated carbocycles. The summed E-state index contributed by atoms with van der Waals surface area (Å²) in [4.78, 5) is 11.9. The maximum Gasteiger partial charge on any atom is 0.156 e. The number of hydrogen-bond acceptors (Lipinski definition) is 1. The summed E-state index contributed by atoms with van der Waals surface area (Å²) in [5.74, 6) is 1.94. The van der Waals surface area contributed by atoms with Gasteiger partial charge in [-0.1, -0.05) is 32.1 Å². The van der Waals surface area contributed by atoms with Crippen molar-refractivity contribution in [3.05, 3.63) is 47.6 Å². The largest absolute Gasteiger partial charge is 0.295 e. The molecule has 0 spiro atoms. The molecule has 0 aromatic heterocycles. The number of carbonyl (C=O) groups is 1. The molecule has 5 rings (SSSR count). The van der Waals surface area contributed by atoms with Gasteiger partial charge in [-0.2, -0.15) is 0 Å². The number of hydrogen-bond donors (Lipinski definition) is 0. The molecule has 1 heteroatoms. The van der Waals surface area contributed by atoms with Crippen molar-refractivity contribution in [3.63, 3.8) is 0 Å². The third-order valence-corrected chi connectivity index (χ3v) is 8.75. The van der Waals surface area contributed by atoms with E-state index in [1.54, 1.807) is 5.57 Å². The Hall–Kier alpha value is -1.37. The Morgan fingerprint density at radius 1 is 1.20 bits per heavy atom. The SMILES string of the molecule is C=CC[C@@]12CC[C@H]3[C@@](C)(C=CC4=C5CCC(=O)C=C5CC[C@@]43C)[C@@H]1C2. The first-order valence-electron chi connectivity index (χ1n) is 10.2. The summed E-state index contributed by atoms with van der Waals surface area (Å²) in [5.41, 5.74) is 5.67. The molecule has 0 radical (unpaired) electrons. The Labute approximate surface area is 152 Å². The second kappa shape index (κ2) is 4.87. The molecule has 0 N–H and O–H groups in total. The fourth-order valence-corrected chi connectivity index (χ4v) is 7.42. The van der Waals surface area contributed by atoms with Gasteiger partial charge in [0.25, 0.3) is 0 Å². The summed E-state index contributed by atoms with van der Waals surface area (Å²) in [7, 11) is 0. The van der Waals surface area contributed by atoms with E-state index < -0.39 is 0 Å². The maximum absolute atomic E-state index is 11.9. The third-order valence-electron chi connectivity index (χ3n) is 8.75. The van der Waals surface area contributed by atoms with Crippen molar-refractivity contribution in [3.8, 4) is 0 Å². The van der Waals surface area contributed by atoms with Gasteiger partial charge in [0.15, 0.2) is 5.78 Å². The first-order chi connectivity index (χ1) is 11.9. The van der Waals surface area contributed by atoms with Gasteiger partial charge in [0.2, 0.25) is 0 Å². The van der Waals surface area contributed by atoms with Crippen LogP contribution in [0.4, 0.5) is 0 Å². The first-order valence-corrected chi connectivity index (χ1v) is 10.2. The molecule has 25 heavy (non-hydrogen) atoms. The van der Waals surface area contributed by atoms with Crippen LogP contribution in [0, 0.1) is 28.1 Å².